The predicted octanol–water partition coefficient (Wildman–Crippen LogP) is 1.44. The van der Waals surface area contributed by atoms with Gasteiger partial charge in [0.1, 0.15) is 5.76 Å². The van der Waals surface area contributed by atoms with Gasteiger partial charge >= 0.3 is 0 Å². The molecule has 0 aliphatic carbocycles. The number of hydrogen-bond donors (Lipinski definition) is 0. The maximum Gasteiger partial charge on any atom is 0.243 e. The lowest BCUT2D eigenvalue weighted by Gasteiger charge is -2.26. The molecule has 0 saturated carbocycles. The van der Waals surface area contributed by atoms with Crippen LogP contribution in [0.25, 0.3) is 0 Å². The molecule has 3 heterocycles. The van der Waals surface area contributed by atoms with Gasteiger partial charge in [0.05, 0.1) is 34.1 Å². The molecule has 1 aromatic carbocycles. The molecule has 0 radical (unpaired) electrons. The summed E-state index contributed by atoms with van der Waals surface area (Å²) in [4.78, 5) is -0.0573. The molecule has 1 atom stereocenters. The smallest absolute Gasteiger partial charge is 0.243 e. The summed E-state index contributed by atoms with van der Waals surface area (Å²) in [6, 6.07) is 7.64. The van der Waals surface area contributed by atoms with E-state index in [1.54, 1.807) is 12.1 Å². The van der Waals surface area contributed by atoms with Crippen LogP contribution < -0.4 is 0 Å². The second-order valence-electron chi connectivity index (χ2n) is 7.77. The monoisotopic (exact) mass is 488 g/mol. The van der Waals surface area contributed by atoms with Crippen LogP contribution in [0.3, 0.4) is 0 Å². The van der Waals surface area contributed by atoms with Crippen molar-refractivity contribution in [1.29, 1.82) is 0 Å². The summed E-state index contributed by atoms with van der Waals surface area (Å²) >= 11 is 0. The molecule has 2 fully saturated rings. The van der Waals surface area contributed by atoms with E-state index in [-0.39, 0.29) is 34.3 Å². The molecule has 12 heteroatoms. The second kappa shape index (κ2) is 8.32. The quantitative estimate of drug-likeness (QED) is 0.578. The number of furan rings is 1. The summed E-state index contributed by atoms with van der Waals surface area (Å²) < 4.78 is 84.0. The molecule has 0 N–H and O–H groups in total. The van der Waals surface area contributed by atoms with Crippen molar-refractivity contribution in [1.82, 2.24) is 8.61 Å². The van der Waals surface area contributed by atoms with Crippen LogP contribution in [0.2, 0.25) is 0 Å². The van der Waals surface area contributed by atoms with Crippen LogP contribution in [0.1, 0.15) is 25.0 Å². The third-order valence-electron chi connectivity index (χ3n) is 5.64. The van der Waals surface area contributed by atoms with Gasteiger partial charge in [-0.1, -0.05) is 0 Å². The van der Waals surface area contributed by atoms with Gasteiger partial charge in [0.25, 0.3) is 0 Å². The fraction of sp³-hybridized carbons (Fsp3) is 0.474. The summed E-state index contributed by atoms with van der Waals surface area (Å²) in [6.45, 7) is 0.800. The standard InChI is InChI=1S/C19H24N2O7S3/c22-29(23)13-9-16(15-29)21(14-17-4-3-12-28-17)31(26,27)19-7-5-18(6-8-19)30(24,25)20-10-1-2-11-20/h3-8,12,16H,1-2,9-11,13-15H2/t16-/m1/s1. The maximum absolute atomic E-state index is 13.4. The normalized spacial score (nSPS) is 22.3. The Labute approximate surface area is 182 Å². The first-order valence-electron chi connectivity index (χ1n) is 9.94. The highest BCUT2D eigenvalue weighted by atomic mass is 32.2. The summed E-state index contributed by atoms with van der Waals surface area (Å²) in [6.07, 6.45) is 3.22. The van der Waals surface area contributed by atoms with Crippen LogP contribution in [0, 0.1) is 0 Å². The van der Waals surface area contributed by atoms with E-state index in [4.69, 9.17) is 4.42 Å². The molecule has 31 heavy (non-hydrogen) atoms. The minimum Gasteiger partial charge on any atom is -0.468 e. The number of nitrogens with zero attached hydrogens (tertiary/aromatic N) is 2. The van der Waals surface area contributed by atoms with Crippen molar-refractivity contribution in [3.8, 4) is 0 Å². The average molecular weight is 489 g/mol. The molecule has 0 bridgehead atoms. The van der Waals surface area contributed by atoms with Gasteiger partial charge in [0.2, 0.25) is 20.0 Å². The Hall–Kier alpha value is -1.73. The zero-order valence-electron chi connectivity index (χ0n) is 16.8. The van der Waals surface area contributed by atoms with Crippen molar-refractivity contribution in [2.45, 2.75) is 41.6 Å². The fourth-order valence-corrected chi connectivity index (χ4v) is 8.93. The van der Waals surface area contributed by atoms with Crippen molar-refractivity contribution < 1.29 is 29.7 Å². The topological polar surface area (TPSA) is 122 Å². The molecule has 2 aliphatic heterocycles. The van der Waals surface area contributed by atoms with Crippen LogP contribution in [0.15, 0.2) is 56.9 Å². The molecule has 0 amide bonds. The van der Waals surface area contributed by atoms with E-state index in [2.05, 4.69) is 0 Å². The Morgan fingerprint density at radius 2 is 1.65 bits per heavy atom. The minimum atomic E-state index is -4.09. The first-order chi connectivity index (χ1) is 14.6. The number of hydrogen-bond acceptors (Lipinski definition) is 7. The van der Waals surface area contributed by atoms with Gasteiger partial charge < -0.3 is 4.42 Å². The van der Waals surface area contributed by atoms with Crippen molar-refractivity contribution >= 4 is 29.9 Å². The fourth-order valence-electron chi connectivity index (χ4n) is 3.97. The van der Waals surface area contributed by atoms with Crippen molar-refractivity contribution in [3.63, 3.8) is 0 Å². The largest absolute Gasteiger partial charge is 0.468 e. The molecular weight excluding hydrogens is 464 g/mol. The van der Waals surface area contributed by atoms with E-state index in [1.165, 1.54) is 34.8 Å². The van der Waals surface area contributed by atoms with Gasteiger partial charge in [0, 0.05) is 19.1 Å². The van der Waals surface area contributed by atoms with E-state index in [9.17, 15) is 25.3 Å². The maximum atomic E-state index is 13.4. The second-order valence-corrected chi connectivity index (χ2v) is 13.8. The molecular formula is C19H24N2O7S3. The Kier molecular flexibility index (Phi) is 6.03. The van der Waals surface area contributed by atoms with E-state index in [0.29, 0.717) is 18.8 Å². The summed E-state index contributed by atoms with van der Waals surface area (Å²) in [5.74, 6) is 0.0598. The van der Waals surface area contributed by atoms with Gasteiger partial charge in [-0.25, -0.2) is 25.3 Å². The van der Waals surface area contributed by atoms with E-state index >= 15 is 0 Å². The van der Waals surface area contributed by atoms with Crippen LogP contribution >= 0.6 is 0 Å². The third-order valence-corrected chi connectivity index (χ3v) is 11.2. The molecule has 0 unspecified atom stereocenters. The van der Waals surface area contributed by atoms with E-state index in [0.717, 1.165) is 17.1 Å². The molecule has 9 nitrogen and oxygen atoms in total. The van der Waals surface area contributed by atoms with E-state index < -0.39 is 35.9 Å². The lowest BCUT2D eigenvalue weighted by molar-refractivity contribution is 0.307. The molecule has 2 aromatic rings. The third kappa shape index (κ3) is 4.58. The summed E-state index contributed by atoms with van der Waals surface area (Å²) in [5.41, 5.74) is 0. The van der Waals surface area contributed by atoms with Gasteiger partial charge in [0.15, 0.2) is 9.84 Å². The molecule has 0 spiro atoms. The van der Waals surface area contributed by atoms with E-state index in [1.807, 2.05) is 0 Å². The highest BCUT2D eigenvalue weighted by Gasteiger charge is 2.39. The Morgan fingerprint density at radius 3 is 2.19 bits per heavy atom. The van der Waals surface area contributed by atoms with Crippen molar-refractivity contribution in [3.05, 3.63) is 48.4 Å². The van der Waals surface area contributed by atoms with Crippen LogP contribution in [-0.4, -0.2) is 64.5 Å². The first kappa shape index (κ1) is 22.5. The Bertz CT molecular complexity index is 1230. The highest BCUT2D eigenvalue weighted by molar-refractivity contribution is 7.92. The van der Waals surface area contributed by atoms with Gasteiger partial charge in [-0.3, -0.25) is 0 Å². The Balaban J connectivity index is 1.65. The Morgan fingerprint density at radius 1 is 1.00 bits per heavy atom. The van der Waals surface area contributed by atoms with Gasteiger partial charge in [-0.2, -0.15) is 8.61 Å². The highest BCUT2D eigenvalue weighted by Crippen LogP contribution is 2.29. The van der Waals surface area contributed by atoms with Crippen LogP contribution in [0.5, 0.6) is 0 Å². The van der Waals surface area contributed by atoms with Crippen LogP contribution in [-0.2, 0) is 36.4 Å². The summed E-state index contributed by atoms with van der Waals surface area (Å²) in [5, 5.41) is 0. The van der Waals surface area contributed by atoms with Gasteiger partial charge in [-0.05, 0) is 55.7 Å². The zero-order chi connectivity index (χ0) is 22.3. The zero-order valence-corrected chi connectivity index (χ0v) is 19.2. The van der Waals surface area contributed by atoms with Crippen LogP contribution in [0.4, 0.5) is 0 Å². The number of sulfone groups is 1. The predicted molar refractivity (Wildman–Crippen MR) is 113 cm³/mol. The molecule has 170 valence electrons. The first-order valence-corrected chi connectivity index (χ1v) is 14.6. The lowest BCUT2D eigenvalue weighted by Crippen LogP contribution is -2.40. The molecule has 1 aromatic heterocycles. The van der Waals surface area contributed by atoms with Crippen molar-refractivity contribution in [2.75, 3.05) is 24.6 Å². The minimum absolute atomic E-state index is 0.0365. The molecule has 4 rings (SSSR count). The summed E-state index contributed by atoms with van der Waals surface area (Å²) in [7, 11) is -11.1. The average Bonchev–Trinajstić information content (AvgIpc) is 3.48. The number of sulfonamides is 2. The molecule has 2 saturated heterocycles. The number of rotatable bonds is 7. The van der Waals surface area contributed by atoms with Gasteiger partial charge in [-0.15, -0.1) is 0 Å². The van der Waals surface area contributed by atoms with Crippen molar-refractivity contribution in [2.24, 2.45) is 0 Å². The SMILES string of the molecule is O=S1(=O)CC[C@@H](N(Cc2ccco2)S(=O)(=O)c2ccc(S(=O)(=O)N3CCCC3)cc2)C1. The lowest BCUT2D eigenvalue weighted by atomic mass is 10.2. The molecule has 2 aliphatic rings. The number of benzene rings is 1.